The van der Waals surface area contributed by atoms with Crippen LogP contribution in [0.1, 0.15) is 10.5 Å². The van der Waals surface area contributed by atoms with Crippen LogP contribution < -0.4 is 10.9 Å². The minimum Gasteiger partial charge on any atom is -0.425 e. The van der Waals surface area contributed by atoms with Crippen molar-refractivity contribution in [2.45, 2.75) is 0 Å². The van der Waals surface area contributed by atoms with Crippen molar-refractivity contribution in [1.82, 2.24) is 10.0 Å². The molecular formula is C11H10N2O3. The molecule has 1 amide bonds. The molecule has 0 atom stereocenters. The first-order valence-electron chi connectivity index (χ1n) is 4.71. The predicted octanol–water partition coefficient (Wildman–Crippen LogP) is 0.598. The highest BCUT2D eigenvalue weighted by Crippen LogP contribution is 2.10. The summed E-state index contributed by atoms with van der Waals surface area (Å²) in [4.78, 5) is 23.1. The van der Waals surface area contributed by atoms with E-state index in [1.165, 1.54) is 13.1 Å². The lowest BCUT2D eigenvalue weighted by Gasteiger charge is -2.06. The van der Waals surface area contributed by atoms with Gasteiger partial charge in [-0.25, -0.2) is 0 Å². The number of benzene rings is 1. The summed E-state index contributed by atoms with van der Waals surface area (Å²) >= 11 is 0. The second kappa shape index (κ2) is 3.69. The lowest BCUT2D eigenvalue weighted by atomic mass is 10.1. The van der Waals surface area contributed by atoms with Gasteiger partial charge in [-0.2, -0.15) is 0 Å². The zero-order valence-electron chi connectivity index (χ0n) is 8.60. The van der Waals surface area contributed by atoms with Crippen LogP contribution in [-0.4, -0.2) is 22.9 Å². The number of hydrogen-bond donors (Lipinski definition) is 2. The van der Waals surface area contributed by atoms with Crippen LogP contribution in [0.25, 0.3) is 10.8 Å². The number of aromatic nitrogens is 1. The quantitative estimate of drug-likeness (QED) is 0.688. The van der Waals surface area contributed by atoms with Gasteiger partial charge in [0.05, 0.1) is 5.39 Å². The Morgan fingerprint density at radius 1 is 1.38 bits per heavy atom. The van der Waals surface area contributed by atoms with Crippen LogP contribution >= 0.6 is 0 Å². The Labute approximate surface area is 90.9 Å². The van der Waals surface area contributed by atoms with Crippen molar-refractivity contribution in [3.63, 3.8) is 0 Å². The number of fused-ring (bicyclic) bond motifs is 1. The highest BCUT2D eigenvalue weighted by Gasteiger charge is 2.13. The van der Waals surface area contributed by atoms with Gasteiger partial charge in [-0.15, -0.1) is 4.73 Å². The van der Waals surface area contributed by atoms with E-state index >= 15 is 0 Å². The number of hydrogen-bond acceptors (Lipinski definition) is 3. The average molecular weight is 218 g/mol. The van der Waals surface area contributed by atoms with E-state index in [9.17, 15) is 14.8 Å². The van der Waals surface area contributed by atoms with Crippen molar-refractivity contribution in [2.75, 3.05) is 7.05 Å². The number of carbonyl (C=O) groups is 1. The lowest BCUT2D eigenvalue weighted by molar-refractivity contribution is 0.0903. The molecule has 0 unspecified atom stereocenters. The van der Waals surface area contributed by atoms with E-state index in [1.54, 1.807) is 24.3 Å². The van der Waals surface area contributed by atoms with Gasteiger partial charge in [-0.3, -0.25) is 9.59 Å². The smallest absolute Gasteiger partial charge is 0.291 e. The molecule has 0 radical (unpaired) electrons. The first kappa shape index (κ1) is 10.2. The van der Waals surface area contributed by atoms with Crippen molar-refractivity contribution >= 4 is 16.7 Å². The molecule has 0 aliphatic rings. The molecule has 0 spiro atoms. The summed E-state index contributed by atoms with van der Waals surface area (Å²) in [7, 11) is 1.43. The van der Waals surface area contributed by atoms with Gasteiger partial charge in [-0.05, 0) is 17.5 Å². The van der Waals surface area contributed by atoms with Gasteiger partial charge in [-0.1, -0.05) is 18.2 Å². The van der Waals surface area contributed by atoms with Gasteiger partial charge in [0.1, 0.15) is 5.69 Å². The average Bonchev–Trinajstić information content (AvgIpc) is 2.33. The zero-order chi connectivity index (χ0) is 11.7. The second-order valence-electron chi connectivity index (χ2n) is 3.31. The molecule has 2 rings (SSSR count). The van der Waals surface area contributed by atoms with Gasteiger partial charge in [0, 0.05) is 7.05 Å². The number of pyridine rings is 1. The van der Waals surface area contributed by atoms with E-state index < -0.39 is 11.5 Å². The van der Waals surface area contributed by atoms with Crippen LogP contribution in [-0.2, 0) is 0 Å². The highest BCUT2D eigenvalue weighted by molar-refractivity contribution is 5.96. The van der Waals surface area contributed by atoms with Crippen molar-refractivity contribution in [1.29, 1.82) is 0 Å². The molecule has 0 aliphatic carbocycles. The fraction of sp³-hybridized carbons (Fsp3) is 0.0909. The zero-order valence-corrected chi connectivity index (χ0v) is 8.60. The SMILES string of the molecule is CNC(=O)c1cc2ccccc2c(=O)n1O. The van der Waals surface area contributed by atoms with Crippen LogP contribution in [0.2, 0.25) is 0 Å². The molecule has 1 aromatic heterocycles. The lowest BCUT2D eigenvalue weighted by Crippen LogP contribution is -2.29. The minimum atomic E-state index is -0.600. The summed E-state index contributed by atoms with van der Waals surface area (Å²) < 4.78 is 0.362. The van der Waals surface area contributed by atoms with E-state index in [2.05, 4.69) is 5.32 Å². The topological polar surface area (TPSA) is 71.3 Å². The van der Waals surface area contributed by atoms with Gasteiger partial charge in [0.15, 0.2) is 0 Å². The van der Waals surface area contributed by atoms with Crippen LogP contribution in [0.15, 0.2) is 35.1 Å². The molecule has 1 aromatic carbocycles. The summed E-state index contributed by atoms with van der Waals surface area (Å²) in [6.07, 6.45) is 0. The predicted molar refractivity (Wildman–Crippen MR) is 58.8 cm³/mol. The van der Waals surface area contributed by atoms with E-state index in [0.717, 1.165) is 0 Å². The maximum atomic E-state index is 11.7. The molecule has 2 aromatic rings. The molecule has 82 valence electrons. The van der Waals surface area contributed by atoms with E-state index in [4.69, 9.17) is 0 Å². The molecular weight excluding hydrogens is 208 g/mol. The van der Waals surface area contributed by atoms with Crippen LogP contribution in [0, 0.1) is 0 Å². The van der Waals surface area contributed by atoms with Crippen molar-refractivity contribution in [3.05, 3.63) is 46.4 Å². The van der Waals surface area contributed by atoms with Gasteiger partial charge < -0.3 is 10.5 Å². The van der Waals surface area contributed by atoms with Crippen LogP contribution in [0.3, 0.4) is 0 Å². The first-order valence-corrected chi connectivity index (χ1v) is 4.71. The summed E-state index contributed by atoms with van der Waals surface area (Å²) in [5.41, 5.74) is -0.678. The summed E-state index contributed by atoms with van der Waals surface area (Å²) in [6.45, 7) is 0. The van der Waals surface area contributed by atoms with Crippen molar-refractivity contribution in [2.24, 2.45) is 0 Å². The van der Waals surface area contributed by atoms with Gasteiger partial charge in [0.25, 0.3) is 11.5 Å². The molecule has 5 nitrogen and oxygen atoms in total. The molecule has 1 heterocycles. The fourth-order valence-electron chi connectivity index (χ4n) is 1.54. The van der Waals surface area contributed by atoms with Gasteiger partial charge in [0.2, 0.25) is 0 Å². The maximum absolute atomic E-state index is 11.7. The van der Waals surface area contributed by atoms with Crippen LogP contribution in [0.4, 0.5) is 0 Å². The summed E-state index contributed by atoms with van der Waals surface area (Å²) in [6, 6.07) is 8.23. The number of nitrogens with zero attached hydrogens (tertiary/aromatic N) is 1. The number of carbonyl (C=O) groups excluding carboxylic acids is 1. The van der Waals surface area contributed by atoms with E-state index in [-0.39, 0.29) is 5.69 Å². The Hall–Kier alpha value is -2.30. The van der Waals surface area contributed by atoms with E-state index in [0.29, 0.717) is 15.5 Å². The summed E-state index contributed by atoms with van der Waals surface area (Å²) in [5, 5.41) is 12.9. The van der Waals surface area contributed by atoms with Gasteiger partial charge >= 0.3 is 0 Å². The third-order valence-electron chi connectivity index (χ3n) is 2.36. The van der Waals surface area contributed by atoms with Crippen molar-refractivity contribution < 1.29 is 10.0 Å². The minimum absolute atomic E-state index is 0.0776. The number of amides is 1. The molecule has 16 heavy (non-hydrogen) atoms. The third kappa shape index (κ3) is 1.42. The van der Waals surface area contributed by atoms with Crippen LogP contribution in [0.5, 0.6) is 0 Å². The molecule has 5 heteroatoms. The fourth-order valence-corrected chi connectivity index (χ4v) is 1.54. The van der Waals surface area contributed by atoms with Crippen molar-refractivity contribution in [3.8, 4) is 0 Å². The largest absolute Gasteiger partial charge is 0.425 e. The maximum Gasteiger partial charge on any atom is 0.291 e. The molecule has 0 fully saturated rings. The Kier molecular flexibility index (Phi) is 2.36. The molecule has 0 saturated carbocycles. The molecule has 0 aliphatic heterocycles. The van der Waals surface area contributed by atoms with E-state index in [1.807, 2.05) is 0 Å². The Morgan fingerprint density at radius 3 is 2.75 bits per heavy atom. The Bertz CT molecular complexity index is 616. The first-order chi connectivity index (χ1) is 7.65. The molecule has 0 saturated heterocycles. The molecule has 2 N–H and O–H groups in total. The Balaban J connectivity index is 2.84. The normalized spacial score (nSPS) is 10.3. The number of nitrogens with one attached hydrogen (secondary N) is 1. The highest BCUT2D eigenvalue weighted by atomic mass is 16.5. The monoisotopic (exact) mass is 218 g/mol. The second-order valence-corrected chi connectivity index (χ2v) is 3.31. The Morgan fingerprint density at radius 2 is 2.06 bits per heavy atom. The summed E-state index contributed by atoms with van der Waals surface area (Å²) in [5.74, 6) is -0.509. The standard InChI is InChI=1S/C11H10N2O3/c1-12-10(14)9-6-7-4-2-3-5-8(7)11(15)13(9)16/h2-6,16H,1H3,(H,12,14). The third-order valence-corrected chi connectivity index (χ3v) is 2.36. The molecule has 0 bridgehead atoms. The number of rotatable bonds is 1.